The molecule has 2 N–H and O–H groups in total. The maximum atomic E-state index is 11.3. The Balaban J connectivity index is 1.81. The molecule has 2 heterocycles. The molecule has 23 heavy (non-hydrogen) atoms. The molecule has 0 aliphatic rings. The summed E-state index contributed by atoms with van der Waals surface area (Å²) in [5.41, 5.74) is 1.72. The molecule has 7 nitrogen and oxygen atoms in total. The van der Waals surface area contributed by atoms with Gasteiger partial charge in [0.15, 0.2) is 10.9 Å². The monoisotopic (exact) mass is 346 g/mol. The molecular formula is C14H14N6OS2. The summed E-state index contributed by atoms with van der Waals surface area (Å²) < 4.78 is 1.71. The Morgan fingerprint density at radius 2 is 2.22 bits per heavy atom. The number of thiocarbonyl (C=S) groups is 1. The van der Waals surface area contributed by atoms with Crippen LogP contribution in [0.25, 0.3) is 15.5 Å². The largest absolute Gasteiger partial charge is 0.332 e. The molecule has 0 atom stereocenters. The van der Waals surface area contributed by atoms with Crippen LogP contribution in [0, 0.1) is 6.92 Å². The van der Waals surface area contributed by atoms with Crippen molar-refractivity contribution in [1.82, 2.24) is 25.1 Å². The number of rotatable bonds is 3. The van der Waals surface area contributed by atoms with Crippen LogP contribution in [0.3, 0.4) is 0 Å². The van der Waals surface area contributed by atoms with Gasteiger partial charge in [0.25, 0.3) is 0 Å². The third-order valence-corrected chi connectivity index (χ3v) is 4.24. The molecule has 3 rings (SSSR count). The Morgan fingerprint density at radius 3 is 2.96 bits per heavy atom. The van der Waals surface area contributed by atoms with Crippen molar-refractivity contribution in [1.29, 1.82) is 0 Å². The van der Waals surface area contributed by atoms with Gasteiger partial charge in [0.05, 0.1) is 0 Å². The van der Waals surface area contributed by atoms with Crippen molar-refractivity contribution < 1.29 is 4.79 Å². The summed E-state index contributed by atoms with van der Waals surface area (Å²) >= 11 is 6.58. The topological polar surface area (TPSA) is 84.2 Å². The van der Waals surface area contributed by atoms with Crippen molar-refractivity contribution in [2.75, 3.05) is 5.32 Å². The highest BCUT2D eigenvalue weighted by atomic mass is 32.1. The number of carbonyl (C=O) groups excluding carboxylic acids is 1. The predicted molar refractivity (Wildman–Crippen MR) is 93.5 cm³/mol. The van der Waals surface area contributed by atoms with E-state index < -0.39 is 0 Å². The van der Waals surface area contributed by atoms with Crippen LogP contribution in [0.15, 0.2) is 24.3 Å². The number of anilines is 1. The Kier molecular flexibility index (Phi) is 4.30. The summed E-state index contributed by atoms with van der Waals surface area (Å²) in [6.07, 6.45) is 0.383. The zero-order valence-electron chi connectivity index (χ0n) is 12.5. The molecule has 118 valence electrons. The molecule has 0 aliphatic heterocycles. The molecule has 0 bridgehead atoms. The van der Waals surface area contributed by atoms with E-state index in [1.165, 1.54) is 11.3 Å². The fourth-order valence-electron chi connectivity index (χ4n) is 1.94. The van der Waals surface area contributed by atoms with E-state index in [9.17, 15) is 4.79 Å². The molecule has 0 saturated carbocycles. The lowest BCUT2D eigenvalue weighted by atomic mass is 10.2. The first-order valence-corrected chi connectivity index (χ1v) is 8.19. The summed E-state index contributed by atoms with van der Waals surface area (Å²) in [6, 6.07) is 7.65. The second kappa shape index (κ2) is 6.39. The quantitative estimate of drug-likeness (QED) is 0.709. The second-order valence-corrected chi connectivity index (χ2v) is 6.15. The van der Waals surface area contributed by atoms with Gasteiger partial charge in [0.1, 0.15) is 5.01 Å². The lowest BCUT2D eigenvalue weighted by Crippen LogP contribution is -2.33. The van der Waals surface area contributed by atoms with Gasteiger partial charge in [-0.15, -0.1) is 10.2 Å². The van der Waals surface area contributed by atoms with E-state index in [0.717, 1.165) is 27.0 Å². The molecular weight excluding hydrogens is 332 g/mol. The Morgan fingerprint density at radius 1 is 1.39 bits per heavy atom. The van der Waals surface area contributed by atoms with E-state index >= 15 is 0 Å². The second-order valence-electron chi connectivity index (χ2n) is 4.79. The zero-order chi connectivity index (χ0) is 16.4. The molecule has 0 radical (unpaired) electrons. The van der Waals surface area contributed by atoms with E-state index in [1.54, 1.807) is 11.4 Å². The number of hydrogen-bond donors (Lipinski definition) is 2. The standard InChI is InChI=1S/C14H14N6OS2/c1-3-11(21)16-13(22)15-10-6-4-5-9(7-10)12-19-20-8(2)17-18-14(20)23-12/h4-7H,3H2,1-2H3,(H2,15,16,21,22). The number of carbonyl (C=O) groups is 1. The summed E-state index contributed by atoms with van der Waals surface area (Å²) in [5, 5.41) is 19.3. The Hall–Kier alpha value is -2.39. The molecule has 0 spiro atoms. The number of nitrogens with one attached hydrogen (secondary N) is 2. The van der Waals surface area contributed by atoms with Crippen molar-refractivity contribution >= 4 is 45.2 Å². The molecule has 3 aromatic rings. The maximum absolute atomic E-state index is 11.3. The molecule has 1 amide bonds. The highest BCUT2D eigenvalue weighted by Crippen LogP contribution is 2.27. The summed E-state index contributed by atoms with van der Waals surface area (Å²) in [5.74, 6) is 0.628. The van der Waals surface area contributed by atoms with E-state index in [-0.39, 0.29) is 11.0 Å². The molecule has 0 unspecified atom stereocenters. The third kappa shape index (κ3) is 3.35. The van der Waals surface area contributed by atoms with E-state index in [0.29, 0.717) is 6.42 Å². The molecule has 9 heteroatoms. The number of nitrogens with zero attached hydrogens (tertiary/aromatic N) is 4. The number of hydrogen-bond acceptors (Lipinski definition) is 6. The van der Waals surface area contributed by atoms with Crippen molar-refractivity contribution in [2.24, 2.45) is 0 Å². The van der Waals surface area contributed by atoms with E-state index in [1.807, 2.05) is 31.2 Å². The minimum absolute atomic E-state index is 0.122. The van der Waals surface area contributed by atoms with Gasteiger partial charge in [-0.3, -0.25) is 4.79 Å². The van der Waals surface area contributed by atoms with Gasteiger partial charge in [-0.1, -0.05) is 30.4 Å². The summed E-state index contributed by atoms with van der Waals surface area (Å²) in [4.78, 5) is 12.1. The SMILES string of the molecule is CCC(=O)NC(=S)Nc1cccc(-c2nn3c(C)nnc3s2)c1. The van der Waals surface area contributed by atoms with Crippen molar-refractivity contribution in [3.63, 3.8) is 0 Å². The number of fused-ring (bicyclic) bond motifs is 1. The Labute approximate surface area is 141 Å². The normalized spacial score (nSPS) is 10.7. The highest BCUT2D eigenvalue weighted by molar-refractivity contribution is 7.80. The van der Waals surface area contributed by atoms with Gasteiger partial charge < -0.3 is 10.6 Å². The van der Waals surface area contributed by atoms with Crippen LogP contribution in [-0.4, -0.2) is 30.8 Å². The first-order chi connectivity index (χ1) is 11.1. The molecule has 2 aromatic heterocycles. The Bertz CT molecular complexity index is 884. The van der Waals surface area contributed by atoms with Crippen molar-refractivity contribution in [3.8, 4) is 10.6 Å². The van der Waals surface area contributed by atoms with Gasteiger partial charge in [0, 0.05) is 17.7 Å². The number of aryl methyl sites for hydroxylation is 1. The van der Waals surface area contributed by atoms with Crippen LogP contribution in [0.4, 0.5) is 5.69 Å². The number of aromatic nitrogens is 4. The van der Waals surface area contributed by atoms with Crippen molar-refractivity contribution in [2.45, 2.75) is 20.3 Å². The molecule has 1 aromatic carbocycles. The van der Waals surface area contributed by atoms with Crippen LogP contribution < -0.4 is 10.6 Å². The van der Waals surface area contributed by atoms with Crippen LogP contribution in [-0.2, 0) is 4.79 Å². The van der Waals surface area contributed by atoms with Gasteiger partial charge >= 0.3 is 0 Å². The van der Waals surface area contributed by atoms with Gasteiger partial charge in [-0.05, 0) is 31.3 Å². The van der Waals surface area contributed by atoms with Crippen LogP contribution in [0.1, 0.15) is 19.2 Å². The first kappa shape index (κ1) is 15.5. The average molecular weight is 346 g/mol. The summed E-state index contributed by atoms with van der Waals surface area (Å²) in [6.45, 7) is 3.63. The minimum Gasteiger partial charge on any atom is -0.332 e. The number of benzene rings is 1. The van der Waals surface area contributed by atoms with Gasteiger partial charge in [-0.2, -0.15) is 9.61 Å². The van der Waals surface area contributed by atoms with Crippen molar-refractivity contribution in [3.05, 3.63) is 30.1 Å². The van der Waals surface area contributed by atoms with E-state index in [2.05, 4.69) is 25.9 Å². The average Bonchev–Trinajstić information content (AvgIpc) is 3.10. The first-order valence-electron chi connectivity index (χ1n) is 6.97. The van der Waals surface area contributed by atoms with E-state index in [4.69, 9.17) is 12.2 Å². The maximum Gasteiger partial charge on any atom is 0.234 e. The molecule has 0 fully saturated rings. The fourth-order valence-corrected chi connectivity index (χ4v) is 3.05. The number of amides is 1. The van der Waals surface area contributed by atoms with Crippen LogP contribution in [0.5, 0.6) is 0 Å². The fraction of sp³-hybridized carbons (Fsp3) is 0.214. The zero-order valence-corrected chi connectivity index (χ0v) is 14.2. The van der Waals surface area contributed by atoms with Gasteiger partial charge in [-0.25, -0.2) is 0 Å². The summed E-state index contributed by atoms with van der Waals surface area (Å²) in [7, 11) is 0. The highest BCUT2D eigenvalue weighted by Gasteiger charge is 2.11. The van der Waals surface area contributed by atoms with Crippen LogP contribution >= 0.6 is 23.6 Å². The lowest BCUT2D eigenvalue weighted by molar-refractivity contribution is -0.119. The van der Waals surface area contributed by atoms with Crippen LogP contribution in [0.2, 0.25) is 0 Å². The predicted octanol–water partition coefficient (Wildman–Crippen LogP) is 2.38. The third-order valence-electron chi connectivity index (χ3n) is 3.09. The lowest BCUT2D eigenvalue weighted by Gasteiger charge is -2.09. The smallest absolute Gasteiger partial charge is 0.234 e. The minimum atomic E-state index is -0.122. The van der Waals surface area contributed by atoms with Gasteiger partial charge in [0.2, 0.25) is 10.9 Å². The molecule has 0 aliphatic carbocycles. The molecule has 0 saturated heterocycles.